The molecule has 3 N–H and O–H groups in total. The van der Waals surface area contributed by atoms with Crippen molar-refractivity contribution in [2.75, 3.05) is 25.1 Å². The Kier molecular flexibility index (Phi) is 7.10. The Bertz CT molecular complexity index is 483. The predicted molar refractivity (Wildman–Crippen MR) is 71.6 cm³/mol. The fourth-order valence-electron chi connectivity index (χ4n) is 1.53. The fraction of sp³-hybridized carbons (Fsp3) is 0.385. The zero-order valence-electron chi connectivity index (χ0n) is 11.1. The minimum Gasteiger partial charge on any atom is -0.481 e. The lowest BCUT2D eigenvalue weighted by Crippen LogP contribution is -2.32. The highest BCUT2D eigenvalue weighted by Crippen LogP contribution is 2.15. The molecule has 1 aromatic rings. The number of hydrogen-bond acceptors (Lipinski definition) is 3. The third-order valence-corrected chi connectivity index (χ3v) is 2.38. The third-order valence-electron chi connectivity index (χ3n) is 2.38. The zero-order valence-corrected chi connectivity index (χ0v) is 11.1. The van der Waals surface area contributed by atoms with Crippen molar-refractivity contribution in [3.63, 3.8) is 0 Å². The zero-order chi connectivity index (χ0) is 15.7. The van der Waals surface area contributed by atoms with E-state index in [-0.39, 0.29) is 19.6 Å². The molecule has 0 spiro atoms. The van der Waals surface area contributed by atoms with Crippen LogP contribution in [0.3, 0.4) is 0 Å². The molecule has 0 saturated carbocycles. The lowest BCUT2D eigenvalue weighted by molar-refractivity contribution is -0.136. The summed E-state index contributed by atoms with van der Waals surface area (Å²) < 4.78 is 28.2. The molecule has 0 aromatic heterocycles. The predicted octanol–water partition coefficient (Wildman–Crippen LogP) is 1.72. The Labute approximate surface area is 120 Å². The molecule has 1 aromatic carbocycles. The summed E-state index contributed by atoms with van der Waals surface area (Å²) in [5, 5.41) is 13.7. The number of amides is 2. The molecule has 21 heavy (non-hydrogen) atoms. The minimum atomic E-state index is -2.54. The second-order valence-electron chi connectivity index (χ2n) is 4.07. The van der Waals surface area contributed by atoms with Crippen molar-refractivity contribution < 1.29 is 28.2 Å². The van der Waals surface area contributed by atoms with E-state index in [0.29, 0.717) is 11.3 Å². The van der Waals surface area contributed by atoms with Gasteiger partial charge in [-0.1, -0.05) is 18.2 Å². The summed E-state index contributed by atoms with van der Waals surface area (Å²) in [5.41, 5.74) is 0.847. The van der Waals surface area contributed by atoms with Crippen molar-refractivity contribution in [1.82, 2.24) is 5.32 Å². The van der Waals surface area contributed by atoms with E-state index in [2.05, 4.69) is 15.4 Å². The van der Waals surface area contributed by atoms with Crippen LogP contribution in [-0.2, 0) is 16.0 Å². The summed E-state index contributed by atoms with van der Waals surface area (Å²) in [6.07, 6.45) is -2.75. The van der Waals surface area contributed by atoms with Crippen molar-refractivity contribution >= 4 is 17.7 Å². The Hall–Kier alpha value is -2.22. The maximum absolute atomic E-state index is 11.8. The Morgan fingerprint density at radius 3 is 2.67 bits per heavy atom. The van der Waals surface area contributed by atoms with Crippen LogP contribution in [-0.4, -0.2) is 43.3 Å². The number of ether oxygens (including phenoxy) is 1. The second-order valence-corrected chi connectivity index (χ2v) is 4.07. The first-order chi connectivity index (χ1) is 9.99. The van der Waals surface area contributed by atoms with Crippen LogP contribution in [0.5, 0.6) is 0 Å². The number of nitrogens with one attached hydrogen (secondary N) is 2. The number of benzene rings is 1. The van der Waals surface area contributed by atoms with E-state index in [4.69, 9.17) is 5.11 Å². The highest BCUT2D eigenvalue weighted by molar-refractivity contribution is 5.90. The number of anilines is 1. The molecule has 0 heterocycles. The average molecular weight is 302 g/mol. The summed E-state index contributed by atoms with van der Waals surface area (Å²) in [7, 11) is 0. The number of carboxylic acid groups (broad SMARTS) is 1. The fourth-order valence-corrected chi connectivity index (χ4v) is 1.53. The highest BCUT2D eigenvalue weighted by atomic mass is 19.3. The van der Waals surface area contributed by atoms with Crippen LogP contribution in [0.1, 0.15) is 5.56 Å². The molecule has 0 atom stereocenters. The molecular weight excluding hydrogens is 286 g/mol. The molecule has 0 saturated heterocycles. The van der Waals surface area contributed by atoms with E-state index in [9.17, 15) is 18.4 Å². The number of para-hydroxylation sites is 1. The van der Waals surface area contributed by atoms with Gasteiger partial charge in [-0.3, -0.25) is 4.79 Å². The largest absolute Gasteiger partial charge is 0.481 e. The summed E-state index contributed by atoms with van der Waals surface area (Å²) in [4.78, 5) is 22.3. The van der Waals surface area contributed by atoms with Gasteiger partial charge in [0, 0.05) is 12.2 Å². The van der Waals surface area contributed by atoms with Gasteiger partial charge in [0.25, 0.3) is 6.43 Å². The molecule has 8 heteroatoms. The lowest BCUT2D eigenvalue weighted by atomic mass is 10.1. The Morgan fingerprint density at radius 1 is 1.29 bits per heavy atom. The van der Waals surface area contributed by atoms with Gasteiger partial charge in [-0.15, -0.1) is 0 Å². The van der Waals surface area contributed by atoms with E-state index in [1.807, 2.05) is 0 Å². The van der Waals surface area contributed by atoms with Gasteiger partial charge in [-0.25, -0.2) is 13.6 Å². The van der Waals surface area contributed by atoms with Crippen molar-refractivity contribution in [1.29, 1.82) is 0 Å². The van der Waals surface area contributed by atoms with Gasteiger partial charge in [0.1, 0.15) is 6.61 Å². The van der Waals surface area contributed by atoms with Crippen molar-refractivity contribution in [2.24, 2.45) is 0 Å². The van der Waals surface area contributed by atoms with Gasteiger partial charge in [-0.05, 0) is 11.6 Å². The quantitative estimate of drug-likeness (QED) is 0.638. The van der Waals surface area contributed by atoms with Crippen molar-refractivity contribution in [2.45, 2.75) is 12.8 Å². The molecular formula is C13H16F2N2O4. The van der Waals surface area contributed by atoms with Crippen LogP contribution in [0.2, 0.25) is 0 Å². The van der Waals surface area contributed by atoms with Crippen LogP contribution in [0, 0.1) is 0 Å². The molecule has 0 unspecified atom stereocenters. The lowest BCUT2D eigenvalue weighted by Gasteiger charge is -2.11. The normalized spacial score (nSPS) is 10.4. The van der Waals surface area contributed by atoms with Crippen LogP contribution in [0.4, 0.5) is 19.3 Å². The number of carboxylic acids is 1. The SMILES string of the molecule is O=C(O)Cc1ccccc1NC(=O)NCCOCC(F)F. The van der Waals surface area contributed by atoms with Crippen molar-refractivity contribution in [3.8, 4) is 0 Å². The van der Waals surface area contributed by atoms with Gasteiger partial charge < -0.3 is 20.5 Å². The summed E-state index contributed by atoms with van der Waals surface area (Å²) >= 11 is 0. The highest BCUT2D eigenvalue weighted by Gasteiger charge is 2.09. The number of alkyl halides is 2. The number of halogens is 2. The monoisotopic (exact) mass is 302 g/mol. The molecule has 6 nitrogen and oxygen atoms in total. The Balaban J connectivity index is 2.39. The number of carbonyl (C=O) groups is 2. The summed E-state index contributed by atoms with van der Waals surface area (Å²) in [6, 6.07) is 5.93. The first kappa shape index (κ1) is 16.8. The molecule has 0 aliphatic heterocycles. The van der Waals surface area contributed by atoms with Gasteiger partial charge in [0.2, 0.25) is 0 Å². The van der Waals surface area contributed by atoms with Gasteiger partial charge in [-0.2, -0.15) is 0 Å². The van der Waals surface area contributed by atoms with Crippen LogP contribution >= 0.6 is 0 Å². The van der Waals surface area contributed by atoms with Gasteiger partial charge in [0.05, 0.1) is 13.0 Å². The van der Waals surface area contributed by atoms with Crippen LogP contribution in [0.25, 0.3) is 0 Å². The maximum Gasteiger partial charge on any atom is 0.319 e. The number of carbonyl (C=O) groups excluding carboxylic acids is 1. The number of urea groups is 1. The molecule has 0 bridgehead atoms. The second kappa shape index (κ2) is 8.85. The number of hydrogen-bond donors (Lipinski definition) is 3. The number of rotatable bonds is 8. The van der Waals surface area contributed by atoms with Crippen LogP contribution < -0.4 is 10.6 Å². The molecule has 2 amide bonds. The molecule has 116 valence electrons. The Morgan fingerprint density at radius 2 is 2.00 bits per heavy atom. The standard InChI is InChI=1S/C13H16F2N2O4/c14-11(15)8-21-6-5-16-13(20)17-10-4-2-1-3-9(10)7-12(18)19/h1-4,11H,5-8H2,(H,18,19)(H2,16,17,20). The summed E-state index contributed by atoms with van der Waals surface area (Å²) in [5.74, 6) is -1.01. The molecule has 0 aliphatic rings. The summed E-state index contributed by atoms with van der Waals surface area (Å²) in [6.45, 7) is -0.640. The third kappa shape index (κ3) is 7.21. The maximum atomic E-state index is 11.8. The van der Waals surface area contributed by atoms with Gasteiger partial charge in [0.15, 0.2) is 0 Å². The van der Waals surface area contributed by atoms with E-state index >= 15 is 0 Å². The van der Waals surface area contributed by atoms with E-state index in [0.717, 1.165) is 0 Å². The first-order valence-electron chi connectivity index (χ1n) is 6.19. The van der Waals surface area contributed by atoms with E-state index in [1.165, 1.54) is 0 Å². The molecule has 0 fully saturated rings. The van der Waals surface area contributed by atoms with Crippen molar-refractivity contribution in [3.05, 3.63) is 29.8 Å². The molecule has 1 rings (SSSR count). The molecule has 0 radical (unpaired) electrons. The smallest absolute Gasteiger partial charge is 0.319 e. The molecule has 0 aliphatic carbocycles. The number of aliphatic carboxylic acids is 1. The van der Waals surface area contributed by atoms with Gasteiger partial charge >= 0.3 is 12.0 Å². The minimum absolute atomic E-state index is 0.0332. The van der Waals surface area contributed by atoms with E-state index < -0.39 is 25.0 Å². The average Bonchev–Trinajstić information content (AvgIpc) is 2.39. The topological polar surface area (TPSA) is 87.7 Å². The van der Waals surface area contributed by atoms with Crippen LogP contribution in [0.15, 0.2) is 24.3 Å². The van der Waals surface area contributed by atoms with E-state index in [1.54, 1.807) is 24.3 Å². The first-order valence-corrected chi connectivity index (χ1v) is 6.19.